The summed E-state index contributed by atoms with van der Waals surface area (Å²) in [4.78, 5) is 28.0. The molecule has 1 atom stereocenters. The minimum atomic E-state index is -1.02. The van der Waals surface area contributed by atoms with Gasteiger partial charge in [-0.1, -0.05) is 0 Å². The molecule has 3 rings (SSSR count). The lowest BCUT2D eigenvalue weighted by Crippen LogP contribution is -2.32. The van der Waals surface area contributed by atoms with Crippen molar-refractivity contribution in [2.75, 3.05) is 20.2 Å². The first-order valence-electron chi connectivity index (χ1n) is 7.76. The number of carbonyl (C=O) groups excluding carboxylic acids is 1. The Hall–Kier alpha value is -1.89. The highest BCUT2D eigenvalue weighted by Gasteiger charge is 2.36. The third-order valence-corrected chi connectivity index (χ3v) is 4.62. The number of fused-ring (bicyclic) bond motifs is 1. The van der Waals surface area contributed by atoms with Crippen molar-refractivity contribution in [1.29, 1.82) is 0 Å². The number of methoxy groups -OCH3 is 1. The Labute approximate surface area is 128 Å². The second-order valence-corrected chi connectivity index (χ2v) is 5.90. The van der Waals surface area contributed by atoms with Crippen LogP contribution >= 0.6 is 0 Å². The number of piperidine rings is 1. The Morgan fingerprint density at radius 1 is 1.32 bits per heavy atom. The van der Waals surface area contributed by atoms with E-state index in [9.17, 15) is 14.7 Å². The van der Waals surface area contributed by atoms with Crippen molar-refractivity contribution in [2.24, 2.45) is 0 Å². The number of ether oxygens (including phenoxy) is 1. The predicted octanol–water partition coefficient (Wildman–Crippen LogP) is 1.10. The molecule has 0 aromatic carbocycles. The average molecular weight is 307 g/mol. The van der Waals surface area contributed by atoms with Crippen molar-refractivity contribution in [1.82, 2.24) is 14.9 Å². The van der Waals surface area contributed by atoms with Gasteiger partial charge < -0.3 is 19.7 Å². The number of carbonyl (C=O) groups is 2. The standard InChI is InChI=1S/C15H21N3O4/c1-22-15(21)11-4-2-3-10-12(14(19)20)17-13(18(10)11)9-5-7-16-8-6-9/h9,11,16H,2-8H2,1H3,(H,19,20). The molecule has 0 spiro atoms. The first-order valence-corrected chi connectivity index (χ1v) is 7.76. The molecule has 0 saturated carbocycles. The molecule has 2 N–H and O–H groups in total. The summed E-state index contributed by atoms with van der Waals surface area (Å²) in [6.45, 7) is 1.77. The van der Waals surface area contributed by atoms with Crippen LogP contribution in [0.3, 0.4) is 0 Å². The Kier molecular flexibility index (Phi) is 4.15. The molecule has 1 saturated heterocycles. The van der Waals surface area contributed by atoms with E-state index in [1.54, 1.807) is 0 Å². The summed E-state index contributed by atoms with van der Waals surface area (Å²) in [6.07, 6.45) is 3.91. The van der Waals surface area contributed by atoms with Gasteiger partial charge in [-0.2, -0.15) is 0 Å². The summed E-state index contributed by atoms with van der Waals surface area (Å²) in [5, 5.41) is 12.7. The zero-order valence-corrected chi connectivity index (χ0v) is 12.7. The predicted molar refractivity (Wildman–Crippen MR) is 78.0 cm³/mol. The molecule has 0 aliphatic carbocycles. The maximum Gasteiger partial charge on any atom is 0.356 e. The zero-order valence-electron chi connectivity index (χ0n) is 12.7. The minimum absolute atomic E-state index is 0.0992. The van der Waals surface area contributed by atoms with Crippen LogP contribution in [0.5, 0.6) is 0 Å². The SMILES string of the molecule is COC(=O)C1CCCc2c(C(=O)O)nc(C3CCNCC3)n21. The first kappa shape index (κ1) is 15.0. The number of imidazole rings is 1. The van der Waals surface area contributed by atoms with Crippen LogP contribution in [0.25, 0.3) is 0 Å². The largest absolute Gasteiger partial charge is 0.476 e. The molecular weight excluding hydrogens is 286 g/mol. The van der Waals surface area contributed by atoms with Crippen LogP contribution in [0, 0.1) is 0 Å². The van der Waals surface area contributed by atoms with Gasteiger partial charge in [-0.25, -0.2) is 14.6 Å². The molecule has 1 unspecified atom stereocenters. The highest BCUT2D eigenvalue weighted by molar-refractivity contribution is 5.87. The highest BCUT2D eigenvalue weighted by atomic mass is 16.5. The molecule has 2 aliphatic heterocycles. The third kappa shape index (κ3) is 2.49. The van der Waals surface area contributed by atoms with Gasteiger partial charge in [0, 0.05) is 5.92 Å². The maximum absolute atomic E-state index is 12.1. The van der Waals surface area contributed by atoms with E-state index in [2.05, 4.69) is 10.3 Å². The Morgan fingerprint density at radius 3 is 2.68 bits per heavy atom. The summed E-state index contributed by atoms with van der Waals surface area (Å²) in [5.41, 5.74) is 0.768. The summed E-state index contributed by atoms with van der Waals surface area (Å²) in [5.74, 6) is -0.401. The Bertz CT molecular complexity index is 590. The third-order valence-electron chi connectivity index (χ3n) is 4.62. The van der Waals surface area contributed by atoms with Crippen LogP contribution in [0.15, 0.2) is 0 Å². The molecule has 1 fully saturated rings. The van der Waals surface area contributed by atoms with Gasteiger partial charge in [0.2, 0.25) is 0 Å². The van der Waals surface area contributed by atoms with Crippen molar-refractivity contribution in [3.05, 3.63) is 17.2 Å². The topological polar surface area (TPSA) is 93.5 Å². The van der Waals surface area contributed by atoms with E-state index in [0.717, 1.165) is 38.2 Å². The number of rotatable bonds is 3. The van der Waals surface area contributed by atoms with Crippen molar-refractivity contribution in [3.63, 3.8) is 0 Å². The molecule has 120 valence electrons. The molecule has 1 aromatic rings. The fourth-order valence-corrected chi connectivity index (χ4v) is 3.56. The van der Waals surface area contributed by atoms with Crippen LogP contribution < -0.4 is 5.32 Å². The number of aromatic carboxylic acids is 1. The quantitative estimate of drug-likeness (QED) is 0.812. The van der Waals surface area contributed by atoms with Crippen LogP contribution in [-0.2, 0) is 16.0 Å². The van der Waals surface area contributed by atoms with Crippen molar-refractivity contribution in [2.45, 2.75) is 44.1 Å². The lowest BCUT2D eigenvalue weighted by atomic mass is 9.95. The fraction of sp³-hybridized carbons (Fsp3) is 0.667. The smallest absolute Gasteiger partial charge is 0.356 e. The Morgan fingerprint density at radius 2 is 2.05 bits per heavy atom. The van der Waals surface area contributed by atoms with Crippen LogP contribution in [0.2, 0.25) is 0 Å². The second-order valence-electron chi connectivity index (χ2n) is 5.90. The van der Waals surface area contributed by atoms with E-state index in [-0.39, 0.29) is 17.6 Å². The highest BCUT2D eigenvalue weighted by Crippen LogP contribution is 2.35. The number of nitrogens with one attached hydrogen (secondary N) is 1. The van der Waals surface area contributed by atoms with E-state index in [0.29, 0.717) is 18.5 Å². The summed E-state index contributed by atoms with van der Waals surface area (Å²) in [7, 11) is 1.37. The van der Waals surface area contributed by atoms with Crippen molar-refractivity contribution in [3.8, 4) is 0 Å². The van der Waals surface area contributed by atoms with E-state index >= 15 is 0 Å². The molecule has 0 radical (unpaired) electrons. The van der Waals surface area contributed by atoms with E-state index in [1.165, 1.54) is 7.11 Å². The maximum atomic E-state index is 12.1. The number of aromatic nitrogens is 2. The number of esters is 1. The molecule has 3 heterocycles. The molecule has 22 heavy (non-hydrogen) atoms. The summed E-state index contributed by atoms with van der Waals surface area (Å²) < 4.78 is 6.77. The molecule has 7 heteroatoms. The van der Waals surface area contributed by atoms with Crippen LogP contribution in [-0.4, -0.2) is 46.8 Å². The monoisotopic (exact) mass is 307 g/mol. The number of carboxylic acids is 1. The normalized spacial score (nSPS) is 22.1. The van der Waals surface area contributed by atoms with Crippen molar-refractivity contribution >= 4 is 11.9 Å². The number of carboxylic acid groups (broad SMARTS) is 1. The van der Waals surface area contributed by atoms with Crippen LogP contribution in [0.4, 0.5) is 0 Å². The van der Waals surface area contributed by atoms with Gasteiger partial charge in [0.25, 0.3) is 0 Å². The van der Waals surface area contributed by atoms with Gasteiger partial charge in [0.15, 0.2) is 5.69 Å². The molecule has 2 aliphatic rings. The van der Waals surface area contributed by atoms with Gasteiger partial charge >= 0.3 is 11.9 Å². The van der Waals surface area contributed by atoms with Gasteiger partial charge in [0.1, 0.15) is 11.9 Å². The van der Waals surface area contributed by atoms with Crippen LogP contribution in [0.1, 0.15) is 59.6 Å². The first-order chi connectivity index (χ1) is 10.6. The van der Waals surface area contributed by atoms with Gasteiger partial charge in [0.05, 0.1) is 12.8 Å². The number of nitrogens with zero attached hydrogens (tertiary/aromatic N) is 2. The lowest BCUT2D eigenvalue weighted by Gasteiger charge is -2.29. The number of hydrogen-bond donors (Lipinski definition) is 2. The van der Waals surface area contributed by atoms with E-state index < -0.39 is 12.0 Å². The molecule has 0 bridgehead atoms. The second kappa shape index (κ2) is 6.08. The fourth-order valence-electron chi connectivity index (χ4n) is 3.56. The molecule has 1 aromatic heterocycles. The molecular formula is C15H21N3O4. The lowest BCUT2D eigenvalue weighted by molar-refractivity contribution is -0.145. The average Bonchev–Trinajstić information content (AvgIpc) is 2.95. The van der Waals surface area contributed by atoms with Crippen molar-refractivity contribution < 1.29 is 19.4 Å². The van der Waals surface area contributed by atoms with Gasteiger partial charge in [-0.05, 0) is 45.2 Å². The Balaban J connectivity index is 2.08. The van der Waals surface area contributed by atoms with E-state index in [1.807, 2.05) is 4.57 Å². The molecule has 7 nitrogen and oxygen atoms in total. The summed E-state index contributed by atoms with van der Waals surface area (Å²) >= 11 is 0. The van der Waals surface area contributed by atoms with E-state index in [4.69, 9.17) is 4.74 Å². The summed E-state index contributed by atoms with van der Waals surface area (Å²) in [6, 6.07) is -0.445. The zero-order chi connectivity index (χ0) is 15.7. The molecule has 0 amide bonds. The number of hydrogen-bond acceptors (Lipinski definition) is 5. The van der Waals surface area contributed by atoms with Gasteiger partial charge in [-0.3, -0.25) is 0 Å². The van der Waals surface area contributed by atoms with Gasteiger partial charge in [-0.15, -0.1) is 0 Å². The minimum Gasteiger partial charge on any atom is -0.476 e.